The molecule has 708 valence electrons. The molecular weight excluding hydrogens is 1880 g/mol. The molecule has 0 saturated heterocycles. The Bertz CT molecular complexity index is 8580. The smallest absolute Gasteiger partial charge is 0.177 e. The maximum atomic E-state index is 14.3. The van der Waals surface area contributed by atoms with Crippen molar-refractivity contribution in [1.29, 1.82) is 0 Å². The minimum Gasteiger partial charge on any atom is -0.364 e. The molecule has 20 rings (SSSR count). The number of anilines is 4. The highest BCUT2D eigenvalue weighted by atomic mass is 32.2. The Labute approximate surface area is 816 Å². The van der Waals surface area contributed by atoms with Gasteiger partial charge >= 0.3 is 0 Å². The molecule has 11 aromatic heterocycles. The minimum absolute atomic E-state index is 0.0615. The van der Waals surface area contributed by atoms with Gasteiger partial charge in [0.05, 0.1) is 54.8 Å². The van der Waals surface area contributed by atoms with E-state index in [4.69, 9.17) is 0 Å². The monoisotopic (exact) mass is 1960 g/mol. The van der Waals surface area contributed by atoms with Crippen molar-refractivity contribution in [2.75, 3.05) is 46.3 Å². The Kier molecular flexibility index (Phi) is 28.5. The lowest BCUT2D eigenvalue weighted by atomic mass is 9.95. The SMILES string of the molecule is CC(C)(Nc1nnc(-c2cncc(S(C)(=O)=O)c2)c2cccc(-c3ccccc3)c12)c1ccccn1.CC(Nc1nnc(-c2cncc(S(C)(=O)=O)c2)c2cccc(-c3ccccc3)c12)c1ccccn1.CS(=O)(=O)c1cncc(-c2nnc(NCc3c(F)cccc3F)c3c(-c4ccccc4)cccc23)c1.CS(=O)(=O)c1cncc(-c2nnc(NCc3ncccc3F)c3c(-c4ccccc4)cccc23)c1. The van der Waals surface area contributed by atoms with Crippen LogP contribution in [0.5, 0.6) is 0 Å². The molecule has 142 heavy (non-hydrogen) atoms. The second-order valence-corrected chi connectivity index (χ2v) is 41.7. The molecule has 0 amide bonds. The normalized spacial score (nSPS) is 11.8. The summed E-state index contributed by atoms with van der Waals surface area (Å²) in [7, 11) is -13.8. The lowest BCUT2D eigenvalue weighted by molar-refractivity contribution is 0.559. The van der Waals surface area contributed by atoms with Crippen molar-refractivity contribution < 1.29 is 46.8 Å². The van der Waals surface area contributed by atoms with Gasteiger partial charge in [0.1, 0.15) is 40.2 Å². The lowest BCUT2D eigenvalue weighted by Crippen LogP contribution is -2.29. The largest absolute Gasteiger partial charge is 0.364 e. The van der Waals surface area contributed by atoms with Gasteiger partial charge < -0.3 is 21.3 Å². The average Bonchev–Trinajstić information content (AvgIpc) is 0.761. The molecule has 4 N–H and O–H groups in total. The maximum absolute atomic E-state index is 14.3. The Morgan fingerprint density at radius 3 is 0.972 bits per heavy atom. The highest BCUT2D eigenvalue weighted by molar-refractivity contribution is 7.91. The topological polar surface area (TPSA) is 378 Å². The quantitative estimate of drug-likeness (QED) is 0.0436. The number of benzene rings is 9. The molecule has 0 aliphatic rings. The average molecular weight is 1970 g/mol. The molecule has 0 spiro atoms. The third-order valence-corrected chi connectivity index (χ3v) is 27.5. The Balaban J connectivity index is 0.000000130. The van der Waals surface area contributed by atoms with Gasteiger partial charge in [-0.1, -0.05) is 212 Å². The van der Waals surface area contributed by atoms with E-state index >= 15 is 0 Å². The predicted octanol–water partition coefficient (Wildman–Crippen LogP) is 21.4. The van der Waals surface area contributed by atoms with Crippen LogP contribution in [-0.4, -0.2) is 134 Å². The first-order chi connectivity index (χ1) is 68.4. The molecule has 0 bridgehead atoms. The van der Waals surface area contributed by atoms with Crippen LogP contribution in [0.2, 0.25) is 0 Å². The van der Waals surface area contributed by atoms with Crippen LogP contribution in [0.3, 0.4) is 0 Å². The van der Waals surface area contributed by atoms with Gasteiger partial charge in [-0.2, -0.15) is 0 Å². The molecule has 27 nitrogen and oxygen atoms in total. The van der Waals surface area contributed by atoms with E-state index in [1.165, 1.54) is 79.6 Å². The zero-order valence-corrected chi connectivity index (χ0v) is 80.5. The van der Waals surface area contributed by atoms with Crippen molar-refractivity contribution >= 4 is 106 Å². The summed E-state index contributed by atoms with van der Waals surface area (Å²) in [5.41, 5.74) is 13.2. The van der Waals surface area contributed by atoms with Crippen LogP contribution in [0.15, 0.2) is 373 Å². The lowest BCUT2D eigenvalue weighted by Gasteiger charge is -2.27. The van der Waals surface area contributed by atoms with Gasteiger partial charge in [-0.15, -0.1) is 40.8 Å². The first kappa shape index (κ1) is 96.8. The number of hydrogen-bond acceptors (Lipinski definition) is 27. The highest BCUT2D eigenvalue weighted by Gasteiger charge is 2.29. The molecule has 1 unspecified atom stereocenters. The van der Waals surface area contributed by atoms with E-state index in [0.29, 0.717) is 79.1 Å². The summed E-state index contributed by atoms with van der Waals surface area (Å²) in [6, 6.07) is 87.2. The van der Waals surface area contributed by atoms with Crippen molar-refractivity contribution in [2.45, 2.75) is 65.0 Å². The number of pyridine rings is 7. The summed E-state index contributed by atoms with van der Waals surface area (Å²) in [5.74, 6) is 0.278. The fourth-order valence-electron chi connectivity index (χ4n) is 16.2. The Hall–Kier alpha value is -16.8. The molecule has 0 aliphatic heterocycles. The third kappa shape index (κ3) is 22.0. The van der Waals surface area contributed by atoms with Gasteiger partial charge in [-0.05, 0) is 138 Å². The standard InChI is InChI=1S/C28H25N5O2S.C27H20F2N4O2S.C27H23N5O2S.C26H20FN5O2S/c1-28(2,24-14-7-8-15-30-24)31-27-25-22(19-10-5-4-6-11-19)12-9-13-23(25)26(32-33-27)20-16-21(18-29-17-20)36(3,34)35;1-36(34,35)19-13-18(14-30-15-19)26-21-10-5-9-20(17-7-3-2-4-8-17)25(21)27(33-32-26)31-16-22-23(28)11-6-12-24(22)29;1-18(24-13-6-7-14-29-24)30-27-25-22(19-9-4-3-5-10-19)11-8-12-23(25)26(31-32-27)20-15-21(17-28-16-20)35(2,33)34;1-35(33,34)19-13-18(14-28-15-19)25-21-10-5-9-20(17-7-3-2-4-8-17)24(21)26(32-31-25)30-16-23-22(27)11-6-12-29-23/h4-18H,1-3H3,(H,31,33);2-15H,16H2,1H3,(H,31,33);3-18H,1-2H3,(H,30,32);2-15H,16H2,1H3,(H,30,32). The van der Waals surface area contributed by atoms with E-state index < -0.39 is 62.3 Å². The number of halogens is 3. The summed E-state index contributed by atoms with van der Waals surface area (Å²) in [4.78, 5) is 30.0. The minimum atomic E-state index is -3.49. The molecule has 0 radical (unpaired) electrons. The summed E-state index contributed by atoms with van der Waals surface area (Å²) >= 11 is 0. The van der Waals surface area contributed by atoms with E-state index in [0.717, 1.165) is 113 Å². The van der Waals surface area contributed by atoms with Gasteiger partial charge in [0.2, 0.25) is 0 Å². The number of nitrogens with one attached hydrogen (secondary N) is 4. The number of hydrogen-bond donors (Lipinski definition) is 4. The highest BCUT2D eigenvalue weighted by Crippen LogP contribution is 2.44. The van der Waals surface area contributed by atoms with Crippen molar-refractivity contribution in [3.05, 3.63) is 393 Å². The van der Waals surface area contributed by atoms with E-state index in [2.05, 4.69) is 96.9 Å². The second-order valence-electron chi connectivity index (χ2n) is 33.6. The molecular formula is C108H88F3N19O8S4. The Morgan fingerprint density at radius 2 is 0.620 bits per heavy atom. The van der Waals surface area contributed by atoms with Gasteiger partial charge in [-0.25, -0.2) is 46.8 Å². The van der Waals surface area contributed by atoms with Gasteiger partial charge in [0, 0.05) is 171 Å². The van der Waals surface area contributed by atoms with Gasteiger partial charge in [0.15, 0.2) is 62.6 Å². The molecule has 0 aliphatic carbocycles. The van der Waals surface area contributed by atoms with Crippen LogP contribution in [0.25, 0.3) is 133 Å². The summed E-state index contributed by atoms with van der Waals surface area (Å²) in [5, 5.41) is 55.3. The molecule has 9 aromatic carbocycles. The number of nitrogens with zero attached hydrogens (tertiary/aromatic N) is 15. The van der Waals surface area contributed by atoms with Crippen molar-refractivity contribution in [1.82, 2.24) is 75.7 Å². The third-order valence-electron chi connectivity index (χ3n) is 23.2. The number of sulfone groups is 4. The van der Waals surface area contributed by atoms with Crippen LogP contribution in [0.4, 0.5) is 36.4 Å². The fourth-order valence-corrected chi connectivity index (χ4v) is 18.5. The van der Waals surface area contributed by atoms with Crippen LogP contribution < -0.4 is 21.3 Å². The molecule has 20 aromatic rings. The van der Waals surface area contributed by atoms with Crippen LogP contribution >= 0.6 is 0 Å². The first-order valence-electron chi connectivity index (χ1n) is 44.3. The van der Waals surface area contributed by atoms with E-state index in [-0.39, 0.29) is 50.0 Å². The summed E-state index contributed by atoms with van der Waals surface area (Å²) < 4.78 is 140. The molecule has 0 saturated carbocycles. The zero-order chi connectivity index (χ0) is 99.5. The van der Waals surface area contributed by atoms with Gasteiger partial charge in [0.25, 0.3) is 0 Å². The number of rotatable bonds is 24. The fraction of sp³-hybridized carbons (Fsp3) is 0.102. The number of fused-ring (bicyclic) bond motifs is 4. The van der Waals surface area contributed by atoms with Crippen molar-refractivity contribution in [2.24, 2.45) is 0 Å². The zero-order valence-electron chi connectivity index (χ0n) is 77.2. The van der Waals surface area contributed by atoms with Gasteiger partial charge in [-0.3, -0.25) is 34.9 Å². The summed E-state index contributed by atoms with van der Waals surface area (Å²) in [6.07, 6.45) is 21.2. The molecule has 1 atom stereocenters. The predicted molar refractivity (Wildman–Crippen MR) is 548 cm³/mol. The number of aromatic nitrogens is 15. The van der Waals surface area contributed by atoms with Crippen LogP contribution in [-0.2, 0) is 58.0 Å². The van der Waals surface area contributed by atoms with Crippen molar-refractivity contribution in [3.8, 4) is 89.5 Å². The van der Waals surface area contributed by atoms with E-state index in [1.54, 1.807) is 43.1 Å². The van der Waals surface area contributed by atoms with Crippen LogP contribution in [0.1, 0.15) is 49.5 Å². The molecule has 34 heteroatoms. The first-order valence-corrected chi connectivity index (χ1v) is 51.8. The molecule has 0 fully saturated rings. The van der Waals surface area contributed by atoms with E-state index in [1.807, 2.05) is 251 Å². The van der Waals surface area contributed by atoms with Crippen LogP contribution in [0, 0.1) is 17.5 Å². The maximum Gasteiger partial charge on any atom is 0.177 e. The second kappa shape index (κ2) is 41.9. The molecule has 11 heterocycles. The van der Waals surface area contributed by atoms with Crippen molar-refractivity contribution in [3.63, 3.8) is 0 Å². The summed E-state index contributed by atoms with van der Waals surface area (Å²) in [6.45, 7) is 6.08. The Morgan fingerprint density at radius 1 is 0.303 bits per heavy atom. The van der Waals surface area contributed by atoms with E-state index in [9.17, 15) is 46.8 Å².